The fourth-order valence-corrected chi connectivity index (χ4v) is 3.80. The lowest BCUT2D eigenvalue weighted by atomic mass is 10.1. The van der Waals surface area contributed by atoms with Crippen molar-refractivity contribution in [1.82, 2.24) is 14.8 Å². The lowest BCUT2D eigenvalue weighted by Crippen LogP contribution is -2.18. The van der Waals surface area contributed by atoms with Gasteiger partial charge in [0.25, 0.3) is 5.22 Å². The third-order valence-corrected chi connectivity index (χ3v) is 5.32. The summed E-state index contributed by atoms with van der Waals surface area (Å²) in [6.45, 7) is 1.61. The highest BCUT2D eigenvalue weighted by atomic mass is 32.2. The molecular formula is C22H17FN4O4S. The van der Waals surface area contributed by atoms with E-state index in [1.54, 1.807) is 17.7 Å². The number of carboxylic acids is 1. The molecule has 4 aromatic rings. The number of aryl methyl sites for hydroxylation is 1. The van der Waals surface area contributed by atoms with Gasteiger partial charge >= 0.3 is 5.97 Å². The van der Waals surface area contributed by atoms with Crippen LogP contribution in [0.25, 0.3) is 17.0 Å². The Bertz CT molecular complexity index is 1330. The topological polar surface area (TPSA) is 110 Å². The summed E-state index contributed by atoms with van der Waals surface area (Å²) in [4.78, 5) is 24.3. The molecule has 4 rings (SSSR count). The molecule has 32 heavy (non-hydrogen) atoms. The van der Waals surface area contributed by atoms with Crippen LogP contribution in [0.3, 0.4) is 0 Å². The number of nitrogens with zero attached hydrogens (tertiary/aromatic N) is 3. The molecule has 0 fully saturated rings. The van der Waals surface area contributed by atoms with Crippen molar-refractivity contribution in [1.29, 1.82) is 0 Å². The Balaban J connectivity index is 1.62. The van der Waals surface area contributed by atoms with Crippen LogP contribution in [0.5, 0.6) is 0 Å². The summed E-state index contributed by atoms with van der Waals surface area (Å²) in [5.41, 5.74) is 1.86. The number of carbonyl (C=O) groups is 2. The maximum Gasteiger partial charge on any atom is 0.342 e. The van der Waals surface area contributed by atoms with Crippen molar-refractivity contribution in [2.75, 3.05) is 5.32 Å². The van der Waals surface area contributed by atoms with E-state index < -0.39 is 11.8 Å². The summed E-state index contributed by atoms with van der Waals surface area (Å²) in [6.07, 6.45) is 3.21. The fourth-order valence-electron chi connectivity index (χ4n) is 3.10. The number of carbonyl (C=O) groups excluding carboxylic acids is 1. The normalized spacial score (nSPS) is 11.6. The quantitative estimate of drug-likeness (QED) is 0.317. The molecule has 10 heteroatoms. The molecule has 2 N–H and O–H groups in total. The lowest BCUT2D eigenvalue weighted by Gasteiger charge is -2.07. The highest BCUT2D eigenvalue weighted by Gasteiger charge is 2.17. The van der Waals surface area contributed by atoms with Gasteiger partial charge in [-0.2, -0.15) is 0 Å². The van der Waals surface area contributed by atoms with E-state index in [4.69, 9.17) is 4.42 Å². The molecule has 162 valence electrons. The van der Waals surface area contributed by atoms with E-state index in [1.165, 1.54) is 30.3 Å². The molecule has 0 saturated carbocycles. The molecule has 0 aliphatic rings. The molecule has 2 aromatic carbocycles. The Hall–Kier alpha value is -3.92. The minimum atomic E-state index is -1.14. The average Bonchev–Trinajstić information content (AvgIpc) is 3.32. The van der Waals surface area contributed by atoms with E-state index in [9.17, 15) is 19.1 Å². The predicted octanol–water partition coefficient (Wildman–Crippen LogP) is 4.33. The number of thioether (sulfide) groups is 1. The third kappa shape index (κ3) is 4.86. The number of anilines is 1. The molecule has 0 unspecified atom stereocenters. The lowest BCUT2D eigenvalue weighted by molar-refractivity contribution is -0.131. The molecule has 0 radical (unpaired) electrons. The first-order valence-electron chi connectivity index (χ1n) is 9.45. The van der Waals surface area contributed by atoms with Gasteiger partial charge in [-0.05, 0) is 48.2 Å². The molecule has 1 amide bonds. The molecule has 0 aliphatic heterocycles. The number of aromatic nitrogens is 3. The number of hydrogen-bond donors (Lipinski definition) is 2. The van der Waals surface area contributed by atoms with Crippen molar-refractivity contribution >= 4 is 46.3 Å². The van der Waals surface area contributed by atoms with Crippen LogP contribution in [0.15, 0.2) is 69.3 Å². The highest BCUT2D eigenvalue weighted by Crippen LogP contribution is 2.30. The third-order valence-electron chi connectivity index (χ3n) is 4.46. The Kier molecular flexibility index (Phi) is 6.04. The smallest absolute Gasteiger partial charge is 0.342 e. The second-order valence-electron chi connectivity index (χ2n) is 6.79. The number of nitrogens with one attached hydrogen (secondary N) is 1. The fraction of sp³-hybridized carbons (Fsp3) is 0.0909. The van der Waals surface area contributed by atoms with Crippen molar-refractivity contribution in [3.63, 3.8) is 0 Å². The van der Waals surface area contributed by atoms with Gasteiger partial charge in [-0.25, -0.2) is 9.18 Å². The van der Waals surface area contributed by atoms with Crippen LogP contribution in [0.4, 0.5) is 10.1 Å². The highest BCUT2D eigenvalue weighted by molar-refractivity contribution is 8.03. The number of para-hydroxylation sites is 1. The number of rotatable bonds is 7. The zero-order chi connectivity index (χ0) is 22.7. The number of halogens is 1. The second-order valence-corrected chi connectivity index (χ2v) is 7.78. The molecule has 2 heterocycles. The first kappa shape index (κ1) is 21.3. The van der Waals surface area contributed by atoms with Crippen LogP contribution in [0, 0.1) is 12.7 Å². The van der Waals surface area contributed by atoms with E-state index in [0.29, 0.717) is 17.1 Å². The monoisotopic (exact) mass is 452 g/mol. The number of hydrogen-bond acceptors (Lipinski definition) is 6. The summed E-state index contributed by atoms with van der Waals surface area (Å²) in [7, 11) is 0. The van der Waals surface area contributed by atoms with Gasteiger partial charge in [0.15, 0.2) is 0 Å². The van der Waals surface area contributed by atoms with Gasteiger partial charge in [-0.1, -0.05) is 18.2 Å². The summed E-state index contributed by atoms with van der Waals surface area (Å²) < 4.78 is 20.1. The second kappa shape index (κ2) is 9.06. The largest absolute Gasteiger partial charge is 0.477 e. The van der Waals surface area contributed by atoms with Crippen LogP contribution in [-0.2, 0) is 16.1 Å². The van der Waals surface area contributed by atoms with Crippen LogP contribution >= 0.6 is 11.8 Å². The van der Waals surface area contributed by atoms with Gasteiger partial charge in [0, 0.05) is 35.3 Å². The molecule has 8 nitrogen and oxygen atoms in total. The van der Waals surface area contributed by atoms with Gasteiger partial charge in [0.05, 0.1) is 0 Å². The van der Waals surface area contributed by atoms with Crippen LogP contribution in [0.1, 0.15) is 11.5 Å². The van der Waals surface area contributed by atoms with E-state index in [-0.39, 0.29) is 22.6 Å². The minimum absolute atomic E-state index is 0.00711. The maximum atomic E-state index is 13.1. The average molecular weight is 452 g/mol. The van der Waals surface area contributed by atoms with Gasteiger partial charge in [0.2, 0.25) is 11.8 Å². The summed E-state index contributed by atoms with van der Waals surface area (Å²) in [5.74, 6) is -1.50. The molecule has 0 saturated heterocycles. The number of aliphatic carboxylic acids is 1. The van der Waals surface area contributed by atoms with Crippen LogP contribution in [-0.4, -0.2) is 31.7 Å². The predicted molar refractivity (Wildman–Crippen MR) is 117 cm³/mol. The van der Waals surface area contributed by atoms with E-state index in [1.807, 2.05) is 24.3 Å². The number of fused-ring (bicyclic) bond motifs is 1. The van der Waals surface area contributed by atoms with Gasteiger partial charge in [-0.15, -0.1) is 10.2 Å². The SMILES string of the molecule is Cc1nnc(S/C(=C\c2cn(CC(=O)Nc3ccc(F)cc3)c3ccccc23)C(=O)O)o1. The standard InChI is InChI=1S/C22H17FN4O4S/c1-13-25-26-22(31-13)32-19(21(29)30)10-14-11-27(18-5-3-2-4-17(14)18)12-20(28)24-16-8-6-15(23)7-9-16/h2-11H,12H2,1H3,(H,24,28)(H,29,30)/b19-10-. The van der Waals surface area contributed by atoms with Crippen LogP contribution in [0.2, 0.25) is 0 Å². The minimum Gasteiger partial charge on any atom is -0.477 e. The zero-order valence-corrected chi connectivity index (χ0v) is 17.6. The van der Waals surface area contributed by atoms with Gasteiger partial charge in [-0.3, -0.25) is 4.79 Å². The van der Waals surface area contributed by atoms with Gasteiger partial charge in [0.1, 0.15) is 17.3 Å². The Morgan fingerprint density at radius 1 is 1.19 bits per heavy atom. The first-order chi connectivity index (χ1) is 15.4. The van der Waals surface area contributed by atoms with E-state index >= 15 is 0 Å². The number of carboxylic acid groups (broad SMARTS) is 1. The van der Waals surface area contributed by atoms with Crippen LogP contribution < -0.4 is 5.32 Å². The molecule has 0 aliphatic carbocycles. The maximum absolute atomic E-state index is 13.1. The number of amides is 1. The van der Waals surface area contributed by atoms with Crippen molar-refractivity contribution in [2.24, 2.45) is 0 Å². The van der Waals surface area contributed by atoms with Crippen molar-refractivity contribution in [3.8, 4) is 0 Å². The summed E-state index contributed by atoms with van der Waals surface area (Å²) in [5, 5.41) is 20.8. The van der Waals surface area contributed by atoms with E-state index in [2.05, 4.69) is 15.5 Å². The molecule has 0 spiro atoms. The zero-order valence-electron chi connectivity index (χ0n) is 16.8. The summed E-state index contributed by atoms with van der Waals surface area (Å²) in [6, 6.07) is 12.8. The van der Waals surface area contributed by atoms with E-state index in [0.717, 1.165) is 22.7 Å². The summed E-state index contributed by atoms with van der Waals surface area (Å²) >= 11 is 0.849. The molecular weight excluding hydrogens is 435 g/mol. The van der Waals surface area contributed by atoms with Crippen molar-refractivity contribution in [2.45, 2.75) is 18.7 Å². The van der Waals surface area contributed by atoms with Gasteiger partial charge < -0.3 is 19.4 Å². The molecule has 0 bridgehead atoms. The van der Waals surface area contributed by atoms with Crippen molar-refractivity contribution < 1.29 is 23.5 Å². The number of benzene rings is 2. The Labute approximate surface area is 185 Å². The Morgan fingerprint density at radius 2 is 1.94 bits per heavy atom. The first-order valence-corrected chi connectivity index (χ1v) is 10.3. The Morgan fingerprint density at radius 3 is 2.62 bits per heavy atom. The molecule has 0 atom stereocenters. The molecule has 2 aromatic heterocycles. The van der Waals surface area contributed by atoms with Crippen molar-refractivity contribution in [3.05, 3.63) is 76.9 Å².